The molecule has 0 radical (unpaired) electrons. The molecule has 0 aromatic heterocycles. The zero-order valence-electron chi connectivity index (χ0n) is 16.0. The van der Waals surface area contributed by atoms with Crippen molar-refractivity contribution in [2.24, 2.45) is 4.99 Å². The summed E-state index contributed by atoms with van der Waals surface area (Å²) in [6, 6.07) is 6.89. The summed E-state index contributed by atoms with van der Waals surface area (Å²) in [5.74, 6) is 0.648. The molecule has 9 heteroatoms. The van der Waals surface area contributed by atoms with Gasteiger partial charge in [0.1, 0.15) is 5.75 Å². The lowest BCUT2D eigenvalue weighted by Gasteiger charge is -2.22. The maximum atomic E-state index is 12.5. The van der Waals surface area contributed by atoms with Crippen LogP contribution in [0.15, 0.2) is 29.3 Å². The topological polar surface area (TPSA) is 74.8 Å². The third-order valence-electron chi connectivity index (χ3n) is 4.47. The van der Waals surface area contributed by atoms with Gasteiger partial charge in [-0.2, -0.15) is 8.78 Å². The lowest BCUT2D eigenvalue weighted by atomic mass is 9.95. The van der Waals surface area contributed by atoms with Crippen molar-refractivity contribution >= 4 is 35.8 Å². The molecule has 1 aromatic rings. The molecule has 0 aliphatic heterocycles. The second-order valence-electron chi connectivity index (χ2n) is 6.49. The molecule has 1 amide bonds. The lowest BCUT2D eigenvalue weighted by Crippen LogP contribution is -2.41. The second kappa shape index (κ2) is 13.5. The number of carbonyl (C=O) groups is 1. The first-order valence-electron chi connectivity index (χ1n) is 9.35. The molecule has 3 N–H and O–H groups in total. The molecule has 1 aliphatic carbocycles. The van der Waals surface area contributed by atoms with Gasteiger partial charge in [-0.05, 0) is 18.9 Å². The summed E-state index contributed by atoms with van der Waals surface area (Å²) in [6.07, 6.45) is 6.07. The Kier molecular flexibility index (Phi) is 11.8. The first kappa shape index (κ1) is 24.4. The molecule has 0 atom stereocenters. The van der Waals surface area contributed by atoms with E-state index < -0.39 is 6.61 Å². The monoisotopic (exact) mass is 510 g/mol. The Morgan fingerprint density at radius 1 is 1.21 bits per heavy atom. The van der Waals surface area contributed by atoms with E-state index in [4.69, 9.17) is 0 Å². The summed E-state index contributed by atoms with van der Waals surface area (Å²) in [5, 5.41) is 9.16. The number of hydrogen-bond acceptors (Lipinski definition) is 3. The fourth-order valence-corrected chi connectivity index (χ4v) is 3.10. The molecule has 0 spiro atoms. The quantitative estimate of drug-likeness (QED) is 0.285. The van der Waals surface area contributed by atoms with Crippen LogP contribution in [0.1, 0.15) is 44.1 Å². The van der Waals surface area contributed by atoms with Crippen LogP contribution in [0.4, 0.5) is 8.78 Å². The third kappa shape index (κ3) is 9.03. The lowest BCUT2D eigenvalue weighted by molar-refractivity contribution is -0.121. The summed E-state index contributed by atoms with van der Waals surface area (Å²) >= 11 is 0. The molecule has 0 heterocycles. The minimum Gasteiger partial charge on any atom is -0.434 e. The normalized spacial score (nSPS) is 14.9. The van der Waals surface area contributed by atoms with E-state index >= 15 is 0 Å². The molecule has 1 saturated carbocycles. The SMILES string of the molecule is CN=C(NCCC(=O)NC1CCCCC1)NCc1ccccc1OC(F)F.I. The number of rotatable bonds is 8. The summed E-state index contributed by atoms with van der Waals surface area (Å²) in [6.45, 7) is -2.16. The summed E-state index contributed by atoms with van der Waals surface area (Å²) in [5.41, 5.74) is 0.593. The van der Waals surface area contributed by atoms with Crippen molar-refractivity contribution in [3.63, 3.8) is 0 Å². The number of guanidine groups is 1. The number of hydrogen-bond donors (Lipinski definition) is 3. The highest BCUT2D eigenvalue weighted by Gasteiger charge is 2.15. The van der Waals surface area contributed by atoms with Gasteiger partial charge >= 0.3 is 6.61 Å². The molecule has 28 heavy (non-hydrogen) atoms. The van der Waals surface area contributed by atoms with Crippen LogP contribution in [-0.2, 0) is 11.3 Å². The predicted molar refractivity (Wildman–Crippen MR) is 116 cm³/mol. The van der Waals surface area contributed by atoms with Crippen molar-refractivity contribution in [1.82, 2.24) is 16.0 Å². The fraction of sp³-hybridized carbons (Fsp3) is 0.579. The van der Waals surface area contributed by atoms with Crippen molar-refractivity contribution in [1.29, 1.82) is 0 Å². The van der Waals surface area contributed by atoms with E-state index in [1.165, 1.54) is 25.3 Å². The fourth-order valence-electron chi connectivity index (χ4n) is 3.10. The Morgan fingerprint density at radius 2 is 1.93 bits per heavy atom. The smallest absolute Gasteiger partial charge is 0.387 e. The van der Waals surface area contributed by atoms with Crippen LogP contribution in [0.3, 0.4) is 0 Å². The van der Waals surface area contributed by atoms with E-state index in [2.05, 4.69) is 25.7 Å². The first-order chi connectivity index (χ1) is 13.1. The first-order valence-corrected chi connectivity index (χ1v) is 9.35. The van der Waals surface area contributed by atoms with Gasteiger partial charge in [-0.25, -0.2) is 0 Å². The molecule has 6 nitrogen and oxygen atoms in total. The third-order valence-corrected chi connectivity index (χ3v) is 4.47. The van der Waals surface area contributed by atoms with Crippen molar-refractivity contribution in [3.05, 3.63) is 29.8 Å². The van der Waals surface area contributed by atoms with Crippen molar-refractivity contribution in [2.45, 2.75) is 57.7 Å². The molecular formula is C19H29F2IN4O2. The second-order valence-corrected chi connectivity index (χ2v) is 6.49. The number of alkyl halides is 2. The molecule has 1 aromatic carbocycles. The van der Waals surface area contributed by atoms with Crippen LogP contribution < -0.4 is 20.7 Å². The highest BCUT2D eigenvalue weighted by Crippen LogP contribution is 2.20. The standard InChI is InChI=1S/C19H28F2N4O2.HI/c1-22-19(23-12-11-17(26)25-15-8-3-2-4-9-15)24-13-14-7-5-6-10-16(14)27-18(20)21;/h5-7,10,15,18H,2-4,8-9,11-13H2,1H3,(H,25,26)(H2,22,23,24);1H. The van der Waals surface area contributed by atoms with E-state index in [9.17, 15) is 13.6 Å². The van der Waals surface area contributed by atoms with Gasteiger partial charge in [0.05, 0.1) is 0 Å². The average Bonchev–Trinajstić information content (AvgIpc) is 2.66. The molecule has 0 unspecified atom stereocenters. The van der Waals surface area contributed by atoms with Crippen molar-refractivity contribution in [3.8, 4) is 5.75 Å². The molecule has 0 bridgehead atoms. The van der Waals surface area contributed by atoms with Gasteiger partial charge in [-0.3, -0.25) is 9.79 Å². The number of benzene rings is 1. The average molecular weight is 510 g/mol. The van der Waals surface area contributed by atoms with Crippen LogP contribution in [0.5, 0.6) is 5.75 Å². The van der Waals surface area contributed by atoms with Gasteiger partial charge in [-0.1, -0.05) is 37.5 Å². The van der Waals surface area contributed by atoms with E-state index in [0.29, 0.717) is 30.5 Å². The molecular weight excluding hydrogens is 481 g/mol. The number of para-hydroxylation sites is 1. The molecule has 1 aliphatic rings. The van der Waals surface area contributed by atoms with Crippen LogP contribution in [-0.4, -0.2) is 38.1 Å². The summed E-state index contributed by atoms with van der Waals surface area (Å²) in [7, 11) is 1.61. The van der Waals surface area contributed by atoms with E-state index in [0.717, 1.165) is 12.8 Å². The number of amides is 1. The summed E-state index contributed by atoms with van der Waals surface area (Å²) < 4.78 is 29.4. The Hall–Kier alpha value is -1.65. The number of carbonyl (C=O) groups excluding carboxylic acids is 1. The number of nitrogens with one attached hydrogen (secondary N) is 3. The Bertz CT molecular complexity index is 626. The number of nitrogens with zero attached hydrogens (tertiary/aromatic N) is 1. The van der Waals surface area contributed by atoms with Crippen LogP contribution in [0.2, 0.25) is 0 Å². The molecule has 0 saturated heterocycles. The molecule has 1 fully saturated rings. The van der Waals surface area contributed by atoms with Gasteiger partial charge in [0.2, 0.25) is 5.91 Å². The minimum absolute atomic E-state index is 0. The number of aliphatic imine (C=N–C) groups is 1. The predicted octanol–water partition coefficient (Wildman–Crippen LogP) is 3.41. The van der Waals surface area contributed by atoms with Crippen LogP contribution in [0, 0.1) is 0 Å². The van der Waals surface area contributed by atoms with E-state index in [-0.39, 0.29) is 42.2 Å². The van der Waals surface area contributed by atoms with Crippen molar-refractivity contribution in [2.75, 3.05) is 13.6 Å². The van der Waals surface area contributed by atoms with Crippen LogP contribution in [0.25, 0.3) is 0 Å². The van der Waals surface area contributed by atoms with Crippen molar-refractivity contribution < 1.29 is 18.3 Å². The Labute approximate surface area is 181 Å². The number of halogens is 3. The van der Waals surface area contributed by atoms with E-state index in [1.54, 1.807) is 25.2 Å². The Balaban J connectivity index is 0.00000392. The maximum Gasteiger partial charge on any atom is 0.387 e. The van der Waals surface area contributed by atoms with Gasteiger partial charge in [0.25, 0.3) is 0 Å². The van der Waals surface area contributed by atoms with Gasteiger partial charge in [0, 0.05) is 38.2 Å². The maximum absolute atomic E-state index is 12.5. The highest BCUT2D eigenvalue weighted by molar-refractivity contribution is 14.0. The van der Waals surface area contributed by atoms with Gasteiger partial charge in [-0.15, -0.1) is 24.0 Å². The molecule has 158 valence electrons. The molecule has 2 rings (SSSR count). The summed E-state index contributed by atoms with van der Waals surface area (Å²) in [4.78, 5) is 16.1. The largest absolute Gasteiger partial charge is 0.434 e. The Morgan fingerprint density at radius 3 is 2.61 bits per heavy atom. The number of ether oxygens (including phenoxy) is 1. The van der Waals surface area contributed by atoms with Gasteiger partial charge in [0.15, 0.2) is 5.96 Å². The van der Waals surface area contributed by atoms with Crippen LogP contribution >= 0.6 is 24.0 Å². The minimum atomic E-state index is -2.87. The zero-order valence-corrected chi connectivity index (χ0v) is 18.4. The highest BCUT2D eigenvalue weighted by atomic mass is 127. The van der Waals surface area contributed by atoms with E-state index in [1.807, 2.05) is 0 Å². The van der Waals surface area contributed by atoms with Gasteiger partial charge < -0.3 is 20.7 Å². The zero-order chi connectivity index (χ0) is 19.5.